The van der Waals surface area contributed by atoms with Crippen LogP contribution in [0.3, 0.4) is 0 Å². The van der Waals surface area contributed by atoms with E-state index in [9.17, 15) is 4.79 Å². The number of carbonyl (C=O) groups is 1. The van der Waals surface area contributed by atoms with Gasteiger partial charge in [0.2, 0.25) is 0 Å². The first-order valence-corrected chi connectivity index (χ1v) is 13.5. The Morgan fingerprint density at radius 1 is 0.973 bits per heavy atom. The molecule has 192 valence electrons. The molecule has 0 N–H and O–H groups in total. The van der Waals surface area contributed by atoms with Crippen molar-refractivity contribution in [1.29, 1.82) is 0 Å². The van der Waals surface area contributed by atoms with Gasteiger partial charge >= 0.3 is 0 Å². The van der Waals surface area contributed by atoms with Gasteiger partial charge in [-0.2, -0.15) is 0 Å². The largest absolute Gasteiger partial charge is 0.340 e. The molecule has 37 heavy (non-hydrogen) atoms. The number of ketones is 1. The molecule has 1 aliphatic heterocycles. The van der Waals surface area contributed by atoms with E-state index in [1.165, 1.54) is 53.7 Å². The van der Waals surface area contributed by atoms with Crippen molar-refractivity contribution in [3.05, 3.63) is 83.9 Å². The molecule has 4 aromatic rings. The third-order valence-corrected chi connectivity index (χ3v) is 7.50. The molecule has 0 radical (unpaired) electrons. The Hall–Kier alpha value is -3.31. The molecule has 0 bridgehead atoms. The van der Waals surface area contributed by atoms with E-state index in [2.05, 4.69) is 76.6 Å². The summed E-state index contributed by atoms with van der Waals surface area (Å²) in [5, 5.41) is 1.28. The molecule has 5 rings (SSSR count). The Morgan fingerprint density at radius 2 is 1.65 bits per heavy atom. The molecule has 0 aliphatic carbocycles. The van der Waals surface area contributed by atoms with Gasteiger partial charge in [-0.3, -0.25) is 4.79 Å². The fourth-order valence-corrected chi connectivity index (χ4v) is 5.81. The second-order valence-electron chi connectivity index (χ2n) is 11.8. The smallest absolute Gasteiger partial charge is 0.159 e. The number of rotatable bonds is 7. The summed E-state index contributed by atoms with van der Waals surface area (Å²) in [4.78, 5) is 23.2. The number of nitrogens with zero attached hydrogens (tertiary/aromatic N) is 4. The number of benzene rings is 2. The number of fused-ring (bicyclic) bond motifs is 1. The summed E-state index contributed by atoms with van der Waals surface area (Å²) in [7, 11) is 0. The molecule has 2 aromatic carbocycles. The highest BCUT2D eigenvalue weighted by Crippen LogP contribution is 2.37. The van der Waals surface area contributed by atoms with Crippen molar-refractivity contribution in [2.75, 3.05) is 19.6 Å². The van der Waals surface area contributed by atoms with Crippen LogP contribution in [0.15, 0.2) is 67.3 Å². The fourth-order valence-electron chi connectivity index (χ4n) is 5.81. The van der Waals surface area contributed by atoms with Crippen molar-refractivity contribution in [2.45, 2.75) is 53.5 Å². The lowest BCUT2D eigenvalue weighted by Gasteiger charge is -2.36. The van der Waals surface area contributed by atoms with Gasteiger partial charge in [-0.1, -0.05) is 63.2 Å². The van der Waals surface area contributed by atoms with Gasteiger partial charge in [0.25, 0.3) is 0 Å². The molecular weight excluding hydrogens is 456 g/mol. The van der Waals surface area contributed by atoms with Gasteiger partial charge < -0.3 is 9.47 Å². The first-order valence-electron chi connectivity index (χ1n) is 13.5. The highest BCUT2D eigenvalue weighted by atomic mass is 16.1. The Bertz CT molecular complexity index is 1360. The van der Waals surface area contributed by atoms with Crippen LogP contribution >= 0.6 is 0 Å². The van der Waals surface area contributed by atoms with Crippen molar-refractivity contribution in [3.8, 4) is 11.3 Å². The first kappa shape index (κ1) is 25.3. The summed E-state index contributed by atoms with van der Waals surface area (Å²) in [5.74, 6) is 0.733. The Labute approximate surface area is 220 Å². The molecule has 5 nitrogen and oxygen atoms in total. The summed E-state index contributed by atoms with van der Waals surface area (Å²) in [6.07, 6.45) is 8.70. The van der Waals surface area contributed by atoms with Crippen LogP contribution in [-0.2, 0) is 13.0 Å². The predicted octanol–water partition coefficient (Wildman–Crippen LogP) is 6.65. The van der Waals surface area contributed by atoms with Gasteiger partial charge in [0, 0.05) is 53.9 Å². The third kappa shape index (κ3) is 5.83. The molecule has 1 saturated heterocycles. The Morgan fingerprint density at radius 3 is 2.30 bits per heavy atom. The number of hydrogen-bond acceptors (Lipinski definition) is 4. The Balaban J connectivity index is 1.51. The summed E-state index contributed by atoms with van der Waals surface area (Å²) in [6.45, 7) is 13.1. The Kier molecular flexibility index (Phi) is 7.25. The molecule has 0 spiro atoms. The monoisotopic (exact) mass is 494 g/mol. The van der Waals surface area contributed by atoms with E-state index in [-0.39, 0.29) is 5.78 Å². The molecule has 2 aromatic heterocycles. The topological polar surface area (TPSA) is 51.0 Å². The van der Waals surface area contributed by atoms with Gasteiger partial charge in [0.1, 0.15) is 6.33 Å². The molecular formula is C32H38N4O. The number of aromatic nitrogens is 3. The van der Waals surface area contributed by atoms with Crippen LogP contribution in [0.1, 0.15) is 62.0 Å². The van der Waals surface area contributed by atoms with Gasteiger partial charge in [-0.15, -0.1) is 0 Å². The van der Waals surface area contributed by atoms with Crippen molar-refractivity contribution in [3.63, 3.8) is 0 Å². The highest BCUT2D eigenvalue weighted by Gasteiger charge is 2.26. The number of piperidine rings is 1. The second kappa shape index (κ2) is 10.6. The highest BCUT2D eigenvalue weighted by molar-refractivity contribution is 5.94. The molecule has 0 unspecified atom stereocenters. The van der Waals surface area contributed by atoms with Crippen molar-refractivity contribution in [2.24, 2.45) is 11.3 Å². The predicted molar refractivity (Wildman–Crippen MR) is 151 cm³/mol. The van der Waals surface area contributed by atoms with E-state index in [1.54, 1.807) is 13.3 Å². The molecule has 1 aliphatic rings. The molecule has 3 heterocycles. The zero-order chi connectivity index (χ0) is 26.0. The van der Waals surface area contributed by atoms with E-state index in [0.29, 0.717) is 11.3 Å². The average Bonchev–Trinajstić information content (AvgIpc) is 3.18. The lowest BCUT2D eigenvalue weighted by molar-refractivity contribution is 0.101. The van der Waals surface area contributed by atoms with Gasteiger partial charge in [-0.25, -0.2) is 9.97 Å². The standard InChI is InChI=1S/C32H38N4O/c1-23(37)26-11-9-24(10-12-26)17-29-28-7-5-6-8-30(28)36(31(29)27-18-33-22-34-19-27)20-25-13-15-35(16-14-25)21-32(2,3)4/h5-12,18-19,22,25H,13-17,20-21H2,1-4H3. The minimum Gasteiger partial charge on any atom is -0.340 e. The fraction of sp³-hybridized carbons (Fsp3) is 0.406. The van der Waals surface area contributed by atoms with Crippen LogP contribution in [0.4, 0.5) is 0 Å². The van der Waals surface area contributed by atoms with E-state index < -0.39 is 0 Å². The van der Waals surface area contributed by atoms with Crippen LogP contribution in [0.2, 0.25) is 0 Å². The number of likely N-dealkylation sites (tertiary alicyclic amines) is 1. The maximum absolute atomic E-state index is 11.8. The molecule has 0 saturated carbocycles. The third-order valence-electron chi connectivity index (χ3n) is 7.50. The van der Waals surface area contributed by atoms with Crippen molar-refractivity contribution >= 4 is 16.7 Å². The van der Waals surface area contributed by atoms with E-state index in [1.807, 2.05) is 24.5 Å². The normalized spacial score (nSPS) is 15.4. The summed E-state index contributed by atoms with van der Waals surface area (Å²) in [6, 6.07) is 16.8. The summed E-state index contributed by atoms with van der Waals surface area (Å²) < 4.78 is 2.53. The lowest BCUT2D eigenvalue weighted by atomic mass is 9.92. The van der Waals surface area contributed by atoms with E-state index in [4.69, 9.17) is 0 Å². The van der Waals surface area contributed by atoms with E-state index in [0.717, 1.165) is 30.6 Å². The maximum Gasteiger partial charge on any atom is 0.159 e. The number of Topliss-reactive ketones (excluding diaryl/α,β-unsaturated/α-hetero) is 1. The molecule has 1 fully saturated rings. The van der Waals surface area contributed by atoms with Crippen molar-refractivity contribution < 1.29 is 4.79 Å². The van der Waals surface area contributed by atoms with Gasteiger partial charge in [0.05, 0.1) is 5.69 Å². The average molecular weight is 495 g/mol. The zero-order valence-electron chi connectivity index (χ0n) is 22.6. The van der Waals surface area contributed by atoms with Crippen LogP contribution in [0.5, 0.6) is 0 Å². The quantitative estimate of drug-likeness (QED) is 0.270. The second-order valence-corrected chi connectivity index (χ2v) is 11.8. The SMILES string of the molecule is CC(=O)c1ccc(Cc2c(-c3cncnc3)n(CC3CCN(CC(C)(C)C)CC3)c3ccccc23)cc1. The minimum absolute atomic E-state index is 0.0961. The molecule has 5 heteroatoms. The number of carbonyl (C=O) groups excluding carboxylic acids is 1. The van der Waals surface area contributed by atoms with Crippen molar-refractivity contribution in [1.82, 2.24) is 19.4 Å². The maximum atomic E-state index is 11.8. The van der Waals surface area contributed by atoms with Gasteiger partial charge in [-0.05, 0) is 61.4 Å². The number of hydrogen-bond donors (Lipinski definition) is 0. The summed E-state index contributed by atoms with van der Waals surface area (Å²) in [5.41, 5.74) is 7.12. The first-order chi connectivity index (χ1) is 17.8. The summed E-state index contributed by atoms with van der Waals surface area (Å²) >= 11 is 0. The minimum atomic E-state index is 0.0961. The zero-order valence-corrected chi connectivity index (χ0v) is 22.6. The molecule has 0 atom stereocenters. The van der Waals surface area contributed by atoms with Gasteiger partial charge in [0.15, 0.2) is 5.78 Å². The van der Waals surface area contributed by atoms with Crippen LogP contribution < -0.4 is 0 Å². The van der Waals surface area contributed by atoms with Crippen LogP contribution in [0, 0.1) is 11.3 Å². The van der Waals surface area contributed by atoms with Crippen LogP contribution in [0.25, 0.3) is 22.2 Å². The number of para-hydroxylation sites is 1. The lowest BCUT2D eigenvalue weighted by Crippen LogP contribution is -2.39. The molecule has 0 amide bonds. The van der Waals surface area contributed by atoms with Crippen LogP contribution in [-0.4, -0.2) is 44.9 Å². The van der Waals surface area contributed by atoms with E-state index >= 15 is 0 Å².